The van der Waals surface area contributed by atoms with Crippen LogP contribution in [0.2, 0.25) is 0 Å². The maximum absolute atomic E-state index is 10.5. The standard InChI is InChI=1S/C17H32N2O3/c1-14-9-19(10-15(2)22-14)12-16(20)11-18-7-8-21-17(13-18)5-3-4-6-17/h14-16,20H,3-13H2,1-2H3. The molecule has 22 heavy (non-hydrogen) atoms. The van der Waals surface area contributed by atoms with E-state index in [-0.39, 0.29) is 23.9 Å². The first-order chi connectivity index (χ1) is 10.5. The molecule has 1 spiro atoms. The van der Waals surface area contributed by atoms with Gasteiger partial charge in [0.2, 0.25) is 0 Å². The lowest BCUT2D eigenvalue weighted by Crippen LogP contribution is -2.54. The van der Waals surface area contributed by atoms with Gasteiger partial charge < -0.3 is 14.6 Å². The SMILES string of the molecule is CC1CN(CC(O)CN2CCOC3(CCCC3)C2)CC(C)O1. The summed E-state index contributed by atoms with van der Waals surface area (Å²) in [6, 6.07) is 0. The maximum Gasteiger partial charge on any atom is 0.0809 e. The van der Waals surface area contributed by atoms with Gasteiger partial charge in [-0.2, -0.15) is 0 Å². The van der Waals surface area contributed by atoms with Gasteiger partial charge in [-0.3, -0.25) is 9.80 Å². The first-order valence-corrected chi connectivity index (χ1v) is 8.97. The predicted molar refractivity (Wildman–Crippen MR) is 86.0 cm³/mol. The Balaban J connectivity index is 1.46. The highest BCUT2D eigenvalue weighted by molar-refractivity contribution is 4.92. The molecule has 0 bridgehead atoms. The van der Waals surface area contributed by atoms with Crippen LogP contribution in [0.3, 0.4) is 0 Å². The minimum atomic E-state index is -0.283. The third-order valence-electron chi connectivity index (χ3n) is 5.28. The van der Waals surface area contributed by atoms with E-state index >= 15 is 0 Å². The van der Waals surface area contributed by atoms with Crippen LogP contribution in [0.25, 0.3) is 0 Å². The lowest BCUT2D eigenvalue weighted by atomic mass is 9.99. The summed E-state index contributed by atoms with van der Waals surface area (Å²) in [5.41, 5.74) is 0.0972. The summed E-state index contributed by atoms with van der Waals surface area (Å²) in [6.07, 6.45) is 5.21. The zero-order valence-electron chi connectivity index (χ0n) is 14.2. The second-order valence-corrected chi connectivity index (χ2v) is 7.60. The van der Waals surface area contributed by atoms with Gasteiger partial charge in [-0.1, -0.05) is 12.8 Å². The Kier molecular flexibility index (Phi) is 5.40. The summed E-state index contributed by atoms with van der Waals surface area (Å²) in [5, 5.41) is 10.5. The lowest BCUT2D eigenvalue weighted by molar-refractivity contribution is -0.114. The van der Waals surface area contributed by atoms with Crippen LogP contribution in [0.1, 0.15) is 39.5 Å². The highest BCUT2D eigenvalue weighted by Crippen LogP contribution is 2.35. The molecule has 5 heteroatoms. The number of rotatable bonds is 4. The fourth-order valence-corrected chi connectivity index (χ4v) is 4.49. The number of morpholine rings is 2. The number of hydrogen-bond acceptors (Lipinski definition) is 5. The molecule has 1 aliphatic carbocycles. The summed E-state index contributed by atoms with van der Waals surface area (Å²) in [7, 11) is 0. The number of aliphatic hydroxyl groups is 1. The second-order valence-electron chi connectivity index (χ2n) is 7.60. The highest BCUT2D eigenvalue weighted by atomic mass is 16.5. The topological polar surface area (TPSA) is 45.2 Å². The van der Waals surface area contributed by atoms with E-state index in [1.54, 1.807) is 0 Å². The van der Waals surface area contributed by atoms with Crippen LogP contribution >= 0.6 is 0 Å². The van der Waals surface area contributed by atoms with Crippen molar-refractivity contribution in [3.8, 4) is 0 Å². The molecule has 5 nitrogen and oxygen atoms in total. The molecule has 2 aliphatic heterocycles. The van der Waals surface area contributed by atoms with Crippen LogP contribution < -0.4 is 0 Å². The van der Waals surface area contributed by atoms with Crippen molar-refractivity contribution in [3.05, 3.63) is 0 Å². The predicted octanol–water partition coefficient (Wildman–Crippen LogP) is 1.10. The first kappa shape index (κ1) is 16.7. The molecule has 0 aromatic heterocycles. The molecule has 0 aromatic carbocycles. The molecule has 128 valence electrons. The van der Waals surface area contributed by atoms with Crippen LogP contribution in [0.4, 0.5) is 0 Å². The Morgan fingerprint density at radius 3 is 2.41 bits per heavy atom. The van der Waals surface area contributed by atoms with E-state index in [1.165, 1.54) is 25.7 Å². The average Bonchev–Trinajstić information content (AvgIpc) is 2.85. The van der Waals surface area contributed by atoms with Crippen molar-refractivity contribution >= 4 is 0 Å². The Hall–Kier alpha value is -0.200. The largest absolute Gasteiger partial charge is 0.390 e. The molecular weight excluding hydrogens is 280 g/mol. The fraction of sp³-hybridized carbons (Fsp3) is 1.00. The van der Waals surface area contributed by atoms with E-state index < -0.39 is 0 Å². The van der Waals surface area contributed by atoms with Crippen LogP contribution in [-0.2, 0) is 9.47 Å². The Morgan fingerprint density at radius 2 is 1.73 bits per heavy atom. The minimum Gasteiger partial charge on any atom is -0.390 e. The summed E-state index contributed by atoms with van der Waals surface area (Å²) in [4.78, 5) is 4.75. The van der Waals surface area contributed by atoms with Gasteiger partial charge in [0.1, 0.15) is 0 Å². The van der Waals surface area contributed by atoms with E-state index in [0.717, 1.165) is 45.9 Å². The number of aliphatic hydroxyl groups excluding tert-OH is 1. The molecule has 3 aliphatic rings. The van der Waals surface area contributed by atoms with Crippen molar-refractivity contribution in [3.63, 3.8) is 0 Å². The Bertz CT molecular complexity index is 350. The van der Waals surface area contributed by atoms with Gasteiger partial charge in [0.05, 0.1) is 30.5 Å². The molecule has 3 atom stereocenters. The molecule has 3 unspecified atom stereocenters. The fourth-order valence-electron chi connectivity index (χ4n) is 4.49. The minimum absolute atomic E-state index is 0.0972. The molecule has 1 saturated carbocycles. The van der Waals surface area contributed by atoms with Gasteiger partial charge in [-0.25, -0.2) is 0 Å². The molecule has 0 aromatic rings. The van der Waals surface area contributed by atoms with E-state index in [1.807, 2.05) is 0 Å². The monoisotopic (exact) mass is 312 g/mol. The van der Waals surface area contributed by atoms with Crippen molar-refractivity contribution in [1.82, 2.24) is 9.80 Å². The molecule has 3 fully saturated rings. The maximum atomic E-state index is 10.5. The highest BCUT2D eigenvalue weighted by Gasteiger charge is 2.39. The van der Waals surface area contributed by atoms with E-state index in [0.29, 0.717) is 0 Å². The van der Waals surface area contributed by atoms with Crippen LogP contribution in [0.5, 0.6) is 0 Å². The first-order valence-electron chi connectivity index (χ1n) is 8.97. The Morgan fingerprint density at radius 1 is 1.09 bits per heavy atom. The molecule has 2 heterocycles. The molecular formula is C17H32N2O3. The number of nitrogens with zero attached hydrogens (tertiary/aromatic N) is 2. The smallest absolute Gasteiger partial charge is 0.0809 e. The van der Waals surface area contributed by atoms with Gasteiger partial charge >= 0.3 is 0 Å². The lowest BCUT2D eigenvalue weighted by Gasteiger charge is -2.42. The van der Waals surface area contributed by atoms with Gasteiger partial charge in [-0.05, 0) is 26.7 Å². The molecule has 0 radical (unpaired) electrons. The van der Waals surface area contributed by atoms with Crippen LogP contribution in [0.15, 0.2) is 0 Å². The zero-order valence-corrected chi connectivity index (χ0v) is 14.2. The number of β-amino-alcohol motifs (C(OH)–C–C–N with tert-alkyl or cyclic N) is 1. The quantitative estimate of drug-likeness (QED) is 0.842. The van der Waals surface area contributed by atoms with E-state index in [2.05, 4.69) is 23.6 Å². The second kappa shape index (κ2) is 7.14. The van der Waals surface area contributed by atoms with E-state index in [4.69, 9.17) is 9.47 Å². The normalized spacial score (nSPS) is 35.0. The van der Waals surface area contributed by atoms with Gasteiger partial charge in [0.15, 0.2) is 0 Å². The van der Waals surface area contributed by atoms with Crippen LogP contribution in [0, 0.1) is 0 Å². The van der Waals surface area contributed by atoms with Crippen LogP contribution in [-0.4, -0.2) is 84.7 Å². The van der Waals surface area contributed by atoms with Crippen molar-refractivity contribution < 1.29 is 14.6 Å². The van der Waals surface area contributed by atoms with Crippen molar-refractivity contribution in [1.29, 1.82) is 0 Å². The summed E-state index contributed by atoms with van der Waals surface area (Å²) < 4.78 is 11.8. The van der Waals surface area contributed by atoms with Crippen molar-refractivity contribution in [2.75, 3.05) is 45.9 Å². The van der Waals surface area contributed by atoms with Gasteiger partial charge in [0, 0.05) is 39.3 Å². The molecule has 3 rings (SSSR count). The third kappa shape index (κ3) is 4.20. The number of ether oxygens (including phenoxy) is 2. The molecule has 2 saturated heterocycles. The van der Waals surface area contributed by atoms with Gasteiger partial charge in [0.25, 0.3) is 0 Å². The summed E-state index contributed by atoms with van der Waals surface area (Å²) in [5.74, 6) is 0. The van der Waals surface area contributed by atoms with Crippen molar-refractivity contribution in [2.24, 2.45) is 0 Å². The zero-order chi connectivity index (χ0) is 15.6. The summed E-state index contributed by atoms with van der Waals surface area (Å²) >= 11 is 0. The Labute approximate surface area is 134 Å². The summed E-state index contributed by atoms with van der Waals surface area (Å²) in [6.45, 7) is 10.4. The number of hydrogen-bond donors (Lipinski definition) is 1. The average molecular weight is 312 g/mol. The van der Waals surface area contributed by atoms with E-state index in [9.17, 15) is 5.11 Å². The van der Waals surface area contributed by atoms with Crippen molar-refractivity contribution in [2.45, 2.75) is 63.4 Å². The van der Waals surface area contributed by atoms with Gasteiger partial charge in [-0.15, -0.1) is 0 Å². The molecule has 0 amide bonds. The molecule has 1 N–H and O–H groups in total. The third-order valence-corrected chi connectivity index (χ3v) is 5.28.